The number of likely N-dealkylation sites (N-methyl/N-ethyl adjacent to an activating group) is 1. The van der Waals surface area contributed by atoms with Crippen molar-refractivity contribution >= 4 is 36.3 Å². The molecule has 0 N–H and O–H groups in total. The number of aromatic nitrogens is 2. The van der Waals surface area contributed by atoms with E-state index in [0.29, 0.717) is 41.5 Å². The van der Waals surface area contributed by atoms with Crippen molar-refractivity contribution in [2.24, 2.45) is 0 Å². The van der Waals surface area contributed by atoms with E-state index in [1.165, 1.54) is 0 Å². The SMILES string of the molecule is [2H]C([2H])([2H])N1CCc2c(C)cccc2C1c1nn(COCC[Si](C)(C)C)c2cc([N+]#[C-])c(Cl)cc12. The van der Waals surface area contributed by atoms with Crippen molar-refractivity contribution in [3.63, 3.8) is 0 Å². The molecular weight excluding hydrogens is 436 g/mol. The van der Waals surface area contributed by atoms with Gasteiger partial charge in [-0.2, -0.15) is 5.10 Å². The van der Waals surface area contributed by atoms with Crippen LogP contribution in [0.15, 0.2) is 30.3 Å². The lowest BCUT2D eigenvalue weighted by Crippen LogP contribution is -2.33. The molecule has 32 heavy (non-hydrogen) atoms. The van der Waals surface area contributed by atoms with Crippen LogP contribution < -0.4 is 0 Å². The van der Waals surface area contributed by atoms with E-state index in [-0.39, 0.29) is 6.73 Å². The number of ether oxygens (including phenoxy) is 1. The average molecular weight is 470 g/mol. The molecule has 1 atom stereocenters. The molecule has 0 radical (unpaired) electrons. The summed E-state index contributed by atoms with van der Waals surface area (Å²) in [4.78, 5) is 5.10. The summed E-state index contributed by atoms with van der Waals surface area (Å²) in [5.41, 5.74) is 4.93. The third-order valence-corrected chi connectivity index (χ3v) is 8.10. The van der Waals surface area contributed by atoms with Crippen LogP contribution in [0.4, 0.5) is 5.69 Å². The predicted octanol–water partition coefficient (Wildman–Crippen LogP) is 6.44. The van der Waals surface area contributed by atoms with Crippen LogP contribution in [0.1, 0.15) is 32.5 Å². The fourth-order valence-corrected chi connectivity index (χ4v) is 5.23. The summed E-state index contributed by atoms with van der Waals surface area (Å²) in [6.45, 7) is 15.4. The molecule has 0 fully saturated rings. The largest absolute Gasteiger partial charge is 0.360 e. The van der Waals surface area contributed by atoms with Crippen LogP contribution in [0.3, 0.4) is 0 Å². The highest BCUT2D eigenvalue weighted by Gasteiger charge is 2.31. The van der Waals surface area contributed by atoms with E-state index >= 15 is 0 Å². The van der Waals surface area contributed by atoms with Crippen molar-refractivity contribution in [3.8, 4) is 0 Å². The molecule has 0 spiro atoms. The van der Waals surface area contributed by atoms with Crippen molar-refractivity contribution in [2.75, 3.05) is 20.1 Å². The first-order valence-electron chi connectivity index (χ1n) is 12.4. The summed E-state index contributed by atoms with van der Waals surface area (Å²) in [5.74, 6) is 0. The highest BCUT2D eigenvalue weighted by Crippen LogP contribution is 2.40. The van der Waals surface area contributed by atoms with Crippen LogP contribution in [0.2, 0.25) is 30.7 Å². The van der Waals surface area contributed by atoms with Gasteiger partial charge < -0.3 is 4.74 Å². The van der Waals surface area contributed by atoms with Crippen LogP contribution in [-0.4, -0.2) is 42.9 Å². The summed E-state index contributed by atoms with van der Waals surface area (Å²) < 4.78 is 32.5. The number of rotatable bonds is 6. The first-order chi connectivity index (χ1) is 16.4. The van der Waals surface area contributed by atoms with Crippen LogP contribution >= 0.6 is 11.6 Å². The van der Waals surface area contributed by atoms with Crippen molar-refractivity contribution in [3.05, 3.63) is 69.2 Å². The van der Waals surface area contributed by atoms with Crippen molar-refractivity contribution in [2.45, 2.75) is 51.8 Å². The molecule has 0 aliphatic carbocycles. The Morgan fingerprint density at radius 1 is 1.34 bits per heavy atom. The molecule has 168 valence electrons. The van der Waals surface area contributed by atoms with E-state index in [4.69, 9.17) is 32.1 Å². The first-order valence-corrected chi connectivity index (χ1v) is 15.0. The van der Waals surface area contributed by atoms with Gasteiger partial charge in [-0.3, -0.25) is 4.90 Å². The number of halogens is 1. The second-order valence-electron chi connectivity index (χ2n) is 9.65. The van der Waals surface area contributed by atoms with Crippen LogP contribution in [-0.2, 0) is 17.9 Å². The van der Waals surface area contributed by atoms with Crippen molar-refractivity contribution in [1.82, 2.24) is 14.7 Å². The summed E-state index contributed by atoms with van der Waals surface area (Å²) in [5, 5.41) is 5.97. The predicted molar refractivity (Wildman–Crippen MR) is 134 cm³/mol. The lowest BCUT2D eigenvalue weighted by Gasteiger charge is -2.34. The van der Waals surface area contributed by atoms with E-state index < -0.39 is 21.1 Å². The van der Waals surface area contributed by atoms with Gasteiger partial charge >= 0.3 is 0 Å². The third kappa shape index (κ3) is 4.48. The van der Waals surface area contributed by atoms with Gasteiger partial charge in [0.1, 0.15) is 6.73 Å². The minimum Gasteiger partial charge on any atom is -0.360 e. The summed E-state index contributed by atoms with van der Waals surface area (Å²) in [7, 11) is -1.25. The first kappa shape index (κ1) is 19.3. The second-order valence-corrected chi connectivity index (χ2v) is 15.7. The highest BCUT2D eigenvalue weighted by molar-refractivity contribution is 6.76. The zero-order valence-corrected chi connectivity index (χ0v) is 20.8. The van der Waals surface area contributed by atoms with E-state index in [0.717, 1.165) is 28.1 Å². The molecule has 0 bridgehead atoms. The molecule has 2 heterocycles. The van der Waals surface area contributed by atoms with Crippen molar-refractivity contribution in [1.29, 1.82) is 0 Å². The monoisotopic (exact) mass is 469 g/mol. The molecule has 3 aromatic rings. The average Bonchev–Trinajstić information content (AvgIpc) is 3.11. The Bertz CT molecular complexity index is 1290. The zero-order valence-electron chi connectivity index (χ0n) is 22.1. The number of hydrogen-bond donors (Lipinski definition) is 0. The maximum Gasteiger partial charge on any atom is 0.207 e. The summed E-state index contributed by atoms with van der Waals surface area (Å²) in [6, 6.07) is 9.95. The summed E-state index contributed by atoms with van der Waals surface area (Å²) in [6.07, 6.45) is 0.665. The molecule has 7 heteroatoms. The normalized spacial score (nSPS) is 18.6. The molecule has 2 aromatic carbocycles. The third-order valence-electron chi connectivity index (χ3n) is 6.09. The Balaban J connectivity index is 1.86. The Hall–Kier alpha value is -2.17. The molecule has 1 aliphatic heterocycles. The van der Waals surface area contributed by atoms with Crippen LogP contribution in [0.5, 0.6) is 0 Å². The maximum atomic E-state index is 8.25. The minimum absolute atomic E-state index is 0.223. The van der Waals surface area contributed by atoms with Gasteiger partial charge in [-0.15, -0.1) is 0 Å². The fourth-order valence-electron chi connectivity index (χ4n) is 4.27. The quantitative estimate of drug-likeness (QED) is 0.236. The Kier molecular flexibility index (Phi) is 5.43. The van der Waals surface area contributed by atoms with E-state index in [9.17, 15) is 0 Å². The number of aryl methyl sites for hydroxylation is 1. The standard InChI is InChI=1S/C25H31ClN4OSi/c1-17-8-7-9-19-18(17)10-11-29(3)25(19)24-20-14-21(26)22(27-2)15-23(20)30(28-24)16-31-12-13-32(4,5)6/h7-9,14-15,25H,10-13,16H2,1,3-6H3/i3D3. The highest BCUT2D eigenvalue weighted by atomic mass is 35.5. The molecule has 1 aromatic heterocycles. The lowest BCUT2D eigenvalue weighted by molar-refractivity contribution is 0.0809. The smallest absolute Gasteiger partial charge is 0.207 e. The van der Waals surface area contributed by atoms with Gasteiger partial charge in [0.15, 0.2) is 0 Å². The fraction of sp³-hybridized carbons (Fsp3) is 0.440. The topological polar surface area (TPSA) is 34.7 Å². The van der Waals surface area contributed by atoms with Gasteiger partial charge in [-0.25, -0.2) is 9.53 Å². The van der Waals surface area contributed by atoms with Crippen LogP contribution in [0, 0.1) is 13.5 Å². The lowest BCUT2D eigenvalue weighted by atomic mass is 9.87. The van der Waals surface area contributed by atoms with Gasteiger partial charge in [0.2, 0.25) is 5.69 Å². The van der Waals surface area contributed by atoms with Gasteiger partial charge in [-0.1, -0.05) is 49.4 Å². The van der Waals surface area contributed by atoms with Gasteiger partial charge in [-0.05, 0) is 55.2 Å². The number of nitrogens with zero attached hydrogens (tertiary/aromatic N) is 4. The minimum atomic E-state index is -2.30. The summed E-state index contributed by atoms with van der Waals surface area (Å²) >= 11 is 6.45. The van der Waals surface area contributed by atoms with Gasteiger partial charge in [0.05, 0.1) is 23.8 Å². The maximum absolute atomic E-state index is 8.25. The Morgan fingerprint density at radius 3 is 2.88 bits per heavy atom. The number of hydrogen-bond acceptors (Lipinski definition) is 3. The Morgan fingerprint density at radius 2 is 2.16 bits per heavy atom. The molecule has 4 rings (SSSR count). The molecular formula is C25H31ClN4OSi. The van der Waals surface area contributed by atoms with E-state index in [2.05, 4.69) is 37.5 Å². The van der Waals surface area contributed by atoms with Gasteiger partial charge in [0.25, 0.3) is 0 Å². The molecule has 1 unspecified atom stereocenters. The molecule has 0 amide bonds. The number of benzene rings is 2. The van der Waals surface area contributed by atoms with E-state index in [1.54, 1.807) is 21.7 Å². The zero-order chi connectivity index (χ0) is 25.5. The van der Waals surface area contributed by atoms with E-state index in [1.807, 2.05) is 12.1 Å². The molecule has 1 aliphatic rings. The second kappa shape index (κ2) is 8.99. The van der Waals surface area contributed by atoms with Gasteiger partial charge in [0, 0.05) is 35.7 Å². The molecule has 0 saturated carbocycles. The number of fused-ring (bicyclic) bond motifs is 2. The molecule has 5 nitrogen and oxygen atoms in total. The van der Waals surface area contributed by atoms with Crippen molar-refractivity contribution < 1.29 is 8.85 Å². The Labute approximate surface area is 201 Å². The van der Waals surface area contributed by atoms with Crippen LogP contribution in [0.25, 0.3) is 15.7 Å². The molecule has 0 saturated heterocycles.